The summed E-state index contributed by atoms with van der Waals surface area (Å²) < 4.78 is 19.4. The van der Waals surface area contributed by atoms with E-state index in [-0.39, 0.29) is 11.6 Å². The Morgan fingerprint density at radius 2 is 2.25 bits per heavy atom. The first-order chi connectivity index (χ1) is 9.83. The van der Waals surface area contributed by atoms with Crippen LogP contribution in [0.25, 0.3) is 0 Å². The van der Waals surface area contributed by atoms with Crippen molar-refractivity contribution in [1.29, 1.82) is 0 Å². The van der Waals surface area contributed by atoms with Gasteiger partial charge in [-0.05, 0) is 24.3 Å². The van der Waals surface area contributed by atoms with Gasteiger partial charge in [-0.1, -0.05) is 6.07 Å². The first kappa shape index (κ1) is 12.6. The van der Waals surface area contributed by atoms with Crippen LogP contribution in [0.2, 0.25) is 0 Å². The molecule has 1 aliphatic heterocycles. The largest absolute Gasteiger partial charge is 0.486 e. The Labute approximate surface area is 116 Å². The molecular formula is C15H14FN3O. The molecule has 2 aromatic rings. The van der Waals surface area contributed by atoms with Gasteiger partial charge in [0.15, 0.2) is 11.6 Å². The fraction of sp³-hybridized carbons (Fsp3) is 0.200. The van der Waals surface area contributed by atoms with Crippen LogP contribution < -0.4 is 10.1 Å². The summed E-state index contributed by atoms with van der Waals surface area (Å²) in [4.78, 5) is 8.25. The zero-order valence-electron chi connectivity index (χ0n) is 10.8. The van der Waals surface area contributed by atoms with E-state index in [4.69, 9.17) is 4.74 Å². The molecule has 5 heteroatoms. The van der Waals surface area contributed by atoms with E-state index in [1.165, 1.54) is 6.07 Å². The molecule has 20 heavy (non-hydrogen) atoms. The molecule has 0 fully saturated rings. The van der Waals surface area contributed by atoms with Crippen LogP contribution in [0.4, 0.5) is 4.39 Å². The zero-order valence-corrected chi connectivity index (χ0v) is 10.8. The smallest absolute Gasteiger partial charge is 0.165 e. The topological polar surface area (TPSA) is 46.5 Å². The van der Waals surface area contributed by atoms with Gasteiger partial charge >= 0.3 is 0 Å². The molecule has 1 aliphatic rings. The minimum atomic E-state index is -0.386. The van der Waals surface area contributed by atoms with Crippen molar-refractivity contribution >= 4 is 5.84 Å². The maximum atomic E-state index is 14.0. The van der Waals surface area contributed by atoms with Gasteiger partial charge < -0.3 is 10.1 Å². The fourth-order valence-electron chi connectivity index (χ4n) is 2.00. The molecular weight excluding hydrogens is 257 g/mol. The molecule has 3 rings (SSSR count). The van der Waals surface area contributed by atoms with E-state index in [0.29, 0.717) is 6.61 Å². The van der Waals surface area contributed by atoms with Crippen LogP contribution in [0, 0.1) is 5.82 Å². The first-order valence-corrected chi connectivity index (χ1v) is 6.43. The SMILES string of the molecule is Fc1cc(C2=NCCN2)ccc1OCc1cccnc1. The summed E-state index contributed by atoms with van der Waals surface area (Å²) in [5, 5.41) is 3.11. The number of hydrogen-bond acceptors (Lipinski definition) is 4. The molecule has 1 aromatic carbocycles. The molecule has 1 N–H and O–H groups in total. The van der Waals surface area contributed by atoms with E-state index in [9.17, 15) is 4.39 Å². The molecule has 0 atom stereocenters. The number of nitrogens with one attached hydrogen (secondary N) is 1. The van der Waals surface area contributed by atoms with Crippen LogP contribution in [0.5, 0.6) is 5.75 Å². The van der Waals surface area contributed by atoms with E-state index < -0.39 is 0 Å². The predicted octanol–water partition coefficient (Wildman–Crippen LogP) is 2.15. The van der Waals surface area contributed by atoms with Crippen molar-refractivity contribution in [2.45, 2.75) is 6.61 Å². The van der Waals surface area contributed by atoms with Gasteiger partial charge in [0.1, 0.15) is 12.4 Å². The van der Waals surface area contributed by atoms with Crippen molar-refractivity contribution in [3.8, 4) is 5.75 Å². The lowest BCUT2D eigenvalue weighted by atomic mass is 10.2. The lowest BCUT2D eigenvalue weighted by Gasteiger charge is -2.09. The third-order valence-electron chi connectivity index (χ3n) is 3.00. The molecule has 0 amide bonds. The van der Waals surface area contributed by atoms with Gasteiger partial charge in [-0.2, -0.15) is 0 Å². The Morgan fingerprint density at radius 1 is 1.30 bits per heavy atom. The summed E-state index contributed by atoms with van der Waals surface area (Å²) in [6.07, 6.45) is 3.39. The maximum Gasteiger partial charge on any atom is 0.165 e. The van der Waals surface area contributed by atoms with E-state index in [1.807, 2.05) is 12.1 Å². The molecule has 0 bridgehead atoms. The molecule has 0 aliphatic carbocycles. The first-order valence-electron chi connectivity index (χ1n) is 6.43. The van der Waals surface area contributed by atoms with Crippen LogP contribution in [0.15, 0.2) is 47.7 Å². The van der Waals surface area contributed by atoms with Crippen LogP contribution >= 0.6 is 0 Å². The molecule has 0 spiro atoms. The molecule has 0 saturated carbocycles. The van der Waals surface area contributed by atoms with Gasteiger partial charge in [0.2, 0.25) is 0 Å². The van der Waals surface area contributed by atoms with Crippen molar-refractivity contribution in [3.63, 3.8) is 0 Å². The van der Waals surface area contributed by atoms with Crippen LogP contribution in [0.3, 0.4) is 0 Å². The number of benzene rings is 1. The highest BCUT2D eigenvalue weighted by Gasteiger charge is 2.11. The molecule has 0 unspecified atom stereocenters. The average molecular weight is 271 g/mol. The van der Waals surface area contributed by atoms with E-state index >= 15 is 0 Å². The Bertz CT molecular complexity index is 628. The van der Waals surface area contributed by atoms with Crippen molar-refractivity contribution in [2.24, 2.45) is 4.99 Å². The van der Waals surface area contributed by atoms with E-state index in [1.54, 1.807) is 24.5 Å². The Kier molecular flexibility index (Phi) is 3.58. The number of hydrogen-bond donors (Lipinski definition) is 1. The number of pyridine rings is 1. The number of halogens is 1. The van der Waals surface area contributed by atoms with Crippen molar-refractivity contribution < 1.29 is 9.13 Å². The second kappa shape index (κ2) is 5.69. The summed E-state index contributed by atoms with van der Waals surface area (Å²) in [6, 6.07) is 8.58. The number of aliphatic imine (C=N–C) groups is 1. The second-order valence-electron chi connectivity index (χ2n) is 4.45. The minimum Gasteiger partial charge on any atom is -0.486 e. The molecule has 4 nitrogen and oxygen atoms in total. The molecule has 102 valence electrons. The fourth-order valence-corrected chi connectivity index (χ4v) is 2.00. The van der Waals surface area contributed by atoms with Crippen LogP contribution in [-0.4, -0.2) is 23.9 Å². The van der Waals surface area contributed by atoms with Gasteiger partial charge in [0.05, 0.1) is 6.54 Å². The predicted molar refractivity (Wildman–Crippen MR) is 74.4 cm³/mol. The Hall–Kier alpha value is -2.43. The number of nitrogens with zero attached hydrogens (tertiary/aromatic N) is 2. The van der Waals surface area contributed by atoms with Gasteiger partial charge in [0, 0.05) is 30.1 Å². The summed E-state index contributed by atoms with van der Waals surface area (Å²) >= 11 is 0. The Morgan fingerprint density at radius 3 is 2.95 bits per heavy atom. The number of ether oxygens (including phenoxy) is 1. The highest BCUT2D eigenvalue weighted by atomic mass is 19.1. The third-order valence-corrected chi connectivity index (χ3v) is 3.00. The quantitative estimate of drug-likeness (QED) is 0.926. The molecule has 1 aromatic heterocycles. The average Bonchev–Trinajstić information content (AvgIpc) is 3.01. The van der Waals surface area contributed by atoms with Crippen molar-refractivity contribution in [1.82, 2.24) is 10.3 Å². The lowest BCUT2D eigenvalue weighted by molar-refractivity contribution is 0.290. The van der Waals surface area contributed by atoms with Crippen molar-refractivity contribution in [3.05, 3.63) is 59.7 Å². The standard InChI is InChI=1S/C15H14FN3O/c16-13-8-12(15-18-6-7-19-15)3-4-14(13)20-10-11-2-1-5-17-9-11/h1-5,8-9H,6-7,10H2,(H,18,19). The third kappa shape index (κ3) is 2.77. The number of amidine groups is 1. The normalized spacial score (nSPS) is 13.8. The van der Waals surface area contributed by atoms with Crippen LogP contribution in [0.1, 0.15) is 11.1 Å². The van der Waals surface area contributed by atoms with E-state index in [0.717, 1.165) is 30.1 Å². The van der Waals surface area contributed by atoms with Gasteiger partial charge in [0.25, 0.3) is 0 Å². The zero-order chi connectivity index (χ0) is 13.8. The molecule has 0 radical (unpaired) electrons. The summed E-state index contributed by atoms with van der Waals surface area (Å²) in [5.74, 6) is 0.585. The molecule has 2 heterocycles. The highest BCUT2D eigenvalue weighted by molar-refractivity contribution is 5.99. The maximum absolute atomic E-state index is 14.0. The van der Waals surface area contributed by atoms with Gasteiger partial charge in [-0.25, -0.2) is 4.39 Å². The number of rotatable bonds is 4. The highest BCUT2D eigenvalue weighted by Crippen LogP contribution is 2.20. The monoisotopic (exact) mass is 271 g/mol. The molecule has 0 saturated heterocycles. The van der Waals surface area contributed by atoms with Gasteiger partial charge in [-0.15, -0.1) is 0 Å². The summed E-state index contributed by atoms with van der Waals surface area (Å²) in [7, 11) is 0. The van der Waals surface area contributed by atoms with Gasteiger partial charge in [-0.3, -0.25) is 9.98 Å². The lowest BCUT2D eigenvalue weighted by Crippen LogP contribution is -2.19. The van der Waals surface area contributed by atoms with E-state index in [2.05, 4.69) is 15.3 Å². The minimum absolute atomic E-state index is 0.233. The second-order valence-corrected chi connectivity index (χ2v) is 4.45. The number of aromatic nitrogens is 1. The van der Waals surface area contributed by atoms with Crippen molar-refractivity contribution in [2.75, 3.05) is 13.1 Å². The Balaban J connectivity index is 1.71. The van der Waals surface area contributed by atoms with Crippen LogP contribution in [-0.2, 0) is 6.61 Å². The summed E-state index contributed by atoms with van der Waals surface area (Å²) in [6.45, 7) is 1.83. The summed E-state index contributed by atoms with van der Waals surface area (Å²) in [5.41, 5.74) is 1.64.